The second-order valence-electron chi connectivity index (χ2n) is 8.44. The van der Waals surface area contributed by atoms with Crippen LogP contribution in [0.5, 0.6) is 5.75 Å². The summed E-state index contributed by atoms with van der Waals surface area (Å²) in [6.45, 7) is 1.61. The highest BCUT2D eigenvalue weighted by Gasteiger charge is 2.32. The van der Waals surface area contributed by atoms with Crippen molar-refractivity contribution in [3.05, 3.63) is 65.7 Å². The maximum atomic E-state index is 13.1. The van der Waals surface area contributed by atoms with Crippen molar-refractivity contribution in [2.24, 2.45) is 0 Å². The van der Waals surface area contributed by atoms with Gasteiger partial charge in [-0.15, -0.1) is 0 Å². The number of hydrogen-bond donors (Lipinski definition) is 3. The minimum atomic E-state index is -0.836. The average Bonchev–Trinajstić information content (AvgIpc) is 2.87. The summed E-state index contributed by atoms with van der Waals surface area (Å²) in [6, 6.07) is 16.9. The molecule has 0 fully saturated rings. The van der Waals surface area contributed by atoms with Gasteiger partial charge in [-0.1, -0.05) is 18.6 Å². The van der Waals surface area contributed by atoms with Crippen LogP contribution in [-0.4, -0.2) is 54.5 Å². The van der Waals surface area contributed by atoms with Crippen molar-refractivity contribution in [2.45, 2.75) is 25.7 Å². The summed E-state index contributed by atoms with van der Waals surface area (Å²) in [5.74, 6) is -0.635. The number of methoxy groups -OCH3 is 1. The van der Waals surface area contributed by atoms with Crippen molar-refractivity contribution >= 4 is 39.9 Å². The van der Waals surface area contributed by atoms with E-state index >= 15 is 0 Å². The van der Waals surface area contributed by atoms with Crippen LogP contribution >= 0.6 is 0 Å². The molecule has 3 aromatic carbocycles. The number of benzene rings is 3. The van der Waals surface area contributed by atoms with E-state index in [0.29, 0.717) is 48.9 Å². The van der Waals surface area contributed by atoms with Gasteiger partial charge < -0.3 is 20.5 Å². The standard InChI is InChI=1S/C27H29N3O5/c1-35-19-11-9-18(10-12-19)28-15-16-29-23-14-13-22-25-20(23)6-5-7-21(25)26(33)30(27(22)34)17-4-2-3-8-24(31)32/h5-7,9-14,28-29H,2-4,8,15-17H2,1H3,(H,31,32). The maximum absolute atomic E-state index is 13.1. The van der Waals surface area contributed by atoms with Gasteiger partial charge in [0.05, 0.1) is 7.11 Å². The van der Waals surface area contributed by atoms with Crippen LogP contribution in [0.3, 0.4) is 0 Å². The van der Waals surface area contributed by atoms with Crippen molar-refractivity contribution < 1.29 is 24.2 Å². The molecule has 1 aliphatic rings. The van der Waals surface area contributed by atoms with Gasteiger partial charge in [0.1, 0.15) is 5.75 Å². The van der Waals surface area contributed by atoms with Gasteiger partial charge in [0, 0.05) is 59.3 Å². The largest absolute Gasteiger partial charge is 0.497 e. The van der Waals surface area contributed by atoms with Crippen molar-refractivity contribution in [3.63, 3.8) is 0 Å². The van der Waals surface area contributed by atoms with E-state index in [4.69, 9.17) is 9.84 Å². The van der Waals surface area contributed by atoms with E-state index in [1.165, 1.54) is 4.90 Å². The lowest BCUT2D eigenvalue weighted by molar-refractivity contribution is -0.137. The number of amides is 2. The highest BCUT2D eigenvalue weighted by atomic mass is 16.5. The molecule has 2 amide bonds. The van der Waals surface area contributed by atoms with Gasteiger partial charge in [0.25, 0.3) is 11.8 Å². The van der Waals surface area contributed by atoms with E-state index in [1.54, 1.807) is 19.2 Å². The highest BCUT2D eigenvalue weighted by Crippen LogP contribution is 2.34. The zero-order valence-electron chi connectivity index (χ0n) is 19.7. The molecule has 1 heterocycles. The summed E-state index contributed by atoms with van der Waals surface area (Å²) in [7, 11) is 1.64. The Bertz CT molecular complexity index is 1220. The molecule has 8 nitrogen and oxygen atoms in total. The van der Waals surface area contributed by atoms with Gasteiger partial charge in [0.2, 0.25) is 0 Å². The Morgan fingerprint density at radius 3 is 2.31 bits per heavy atom. The molecule has 8 heteroatoms. The molecule has 0 bridgehead atoms. The maximum Gasteiger partial charge on any atom is 0.303 e. The SMILES string of the molecule is COc1ccc(NCCNc2ccc3c4c(cccc24)C(=O)N(CCCCCC(=O)O)C3=O)cc1. The van der Waals surface area contributed by atoms with E-state index in [9.17, 15) is 14.4 Å². The number of carboxylic acids is 1. The molecule has 3 N–H and O–H groups in total. The van der Waals surface area contributed by atoms with Crippen molar-refractivity contribution in [3.8, 4) is 5.75 Å². The minimum Gasteiger partial charge on any atom is -0.497 e. The molecule has 35 heavy (non-hydrogen) atoms. The Hall–Kier alpha value is -4.07. The fourth-order valence-electron chi connectivity index (χ4n) is 4.34. The Balaban J connectivity index is 1.43. The fraction of sp³-hybridized carbons (Fsp3) is 0.296. The van der Waals surface area contributed by atoms with Crippen LogP contribution in [0.2, 0.25) is 0 Å². The van der Waals surface area contributed by atoms with Crippen LogP contribution in [0.15, 0.2) is 54.6 Å². The number of aliphatic carboxylic acids is 1. The Morgan fingerprint density at radius 2 is 1.60 bits per heavy atom. The summed E-state index contributed by atoms with van der Waals surface area (Å²) in [5, 5.41) is 17.0. The molecule has 182 valence electrons. The third-order valence-electron chi connectivity index (χ3n) is 6.12. The van der Waals surface area contributed by atoms with Gasteiger partial charge >= 0.3 is 5.97 Å². The van der Waals surface area contributed by atoms with E-state index in [1.807, 2.05) is 42.5 Å². The number of anilines is 2. The smallest absolute Gasteiger partial charge is 0.303 e. The van der Waals surface area contributed by atoms with Crippen molar-refractivity contribution in [1.82, 2.24) is 4.90 Å². The van der Waals surface area contributed by atoms with E-state index in [2.05, 4.69) is 10.6 Å². The number of carboxylic acid groups (broad SMARTS) is 1. The second kappa shape index (κ2) is 10.9. The molecule has 0 atom stereocenters. The summed E-state index contributed by atoms with van der Waals surface area (Å²) >= 11 is 0. The van der Waals surface area contributed by atoms with Crippen LogP contribution in [-0.2, 0) is 4.79 Å². The van der Waals surface area contributed by atoms with Crippen LogP contribution in [0, 0.1) is 0 Å². The molecule has 0 spiro atoms. The molecular weight excluding hydrogens is 446 g/mol. The van der Waals surface area contributed by atoms with Crippen LogP contribution in [0.25, 0.3) is 10.8 Å². The van der Waals surface area contributed by atoms with Gasteiger partial charge in [-0.3, -0.25) is 19.3 Å². The number of nitrogens with zero attached hydrogens (tertiary/aromatic N) is 1. The lowest BCUT2D eigenvalue weighted by atomic mass is 9.93. The third-order valence-corrected chi connectivity index (χ3v) is 6.12. The summed E-state index contributed by atoms with van der Waals surface area (Å²) < 4.78 is 5.17. The van der Waals surface area contributed by atoms with Crippen LogP contribution in [0.1, 0.15) is 46.4 Å². The lowest BCUT2D eigenvalue weighted by Crippen LogP contribution is -2.40. The van der Waals surface area contributed by atoms with E-state index < -0.39 is 5.97 Å². The summed E-state index contributed by atoms with van der Waals surface area (Å²) in [4.78, 5) is 38.2. The van der Waals surface area contributed by atoms with E-state index in [0.717, 1.165) is 22.5 Å². The second-order valence-corrected chi connectivity index (χ2v) is 8.44. The van der Waals surface area contributed by atoms with Crippen molar-refractivity contribution in [1.29, 1.82) is 0 Å². The number of nitrogens with one attached hydrogen (secondary N) is 2. The molecule has 0 unspecified atom stereocenters. The molecule has 0 aromatic heterocycles. The fourth-order valence-corrected chi connectivity index (χ4v) is 4.34. The van der Waals surface area contributed by atoms with E-state index in [-0.39, 0.29) is 24.8 Å². The Morgan fingerprint density at radius 1 is 0.886 bits per heavy atom. The Kier molecular flexibility index (Phi) is 7.50. The normalized spacial score (nSPS) is 12.7. The number of carbonyl (C=O) groups excluding carboxylic acids is 2. The molecule has 1 aliphatic heterocycles. The van der Waals surface area contributed by atoms with Gasteiger partial charge in [-0.25, -0.2) is 0 Å². The van der Waals surface area contributed by atoms with Crippen molar-refractivity contribution in [2.75, 3.05) is 37.4 Å². The highest BCUT2D eigenvalue weighted by molar-refractivity contribution is 6.26. The molecule has 4 rings (SSSR count). The first-order valence-corrected chi connectivity index (χ1v) is 11.7. The lowest BCUT2D eigenvalue weighted by Gasteiger charge is -2.28. The third kappa shape index (κ3) is 5.37. The molecule has 0 saturated heterocycles. The summed E-state index contributed by atoms with van der Waals surface area (Å²) in [5.41, 5.74) is 2.89. The molecule has 0 radical (unpaired) electrons. The minimum absolute atomic E-state index is 0.0927. The van der Waals surface area contributed by atoms with Gasteiger partial charge in [-0.2, -0.15) is 0 Å². The number of hydrogen-bond acceptors (Lipinski definition) is 6. The predicted molar refractivity (Wildman–Crippen MR) is 135 cm³/mol. The number of ether oxygens (including phenoxy) is 1. The first-order valence-electron chi connectivity index (χ1n) is 11.7. The first kappa shape index (κ1) is 24.1. The van der Waals surface area contributed by atoms with Gasteiger partial charge in [0.15, 0.2) is 0 Å². The van der Waals surface area contributed by atoms with Gasteiger partial charge in [-0.05, 0) is 55.3 Å². The molecule has 0 saturated carbocycles. The van der Waals surface area contributed by atoms with Crippen LogP contribution in [0.4, 0.5) is 11.4 Å². The topological polar surface area (TPSA) is 108 Å². The molecular formula is C27H29N3O5. The van der Waals surface area contributed by atoms with Crippen LogP contribution < -0.4 is 15.4 Å². The number of rotatable bonds is 12. The number of imide groups is 1. The molecule has 0 aliphatic carbocycles. The Labute approximate surface area is 203 Å². The zero-order valence-corrected chi connectivity index (χ0v) is 19.7. The number of unbranched alkanes of at least 4 members (excludes halogenated alkanes) is 2. The zero-order chi connectivity index (χ0) is 24.8. The summed E-state index contributed by atoms with van der Waals surface area (Å²) in [6.07, 6.45) is 1.85. The first-order chi connectivity index (χ1) is 17.0. The predicted octanol–water partition coefficient (Wildman–Crippen LogP) is 4.61. The average molecular weight is 476 g/mol. The molecule has 3 aromatic rings. The monoisotopic (exact) mass is 475 g/mol. The quantitative estimate of drug-likeness (QED) is 0.259. The number of carbonyl (C=O) groups is 3.